The van der Waals surface area contributed by atoms with E-state index in [4.69, 9.17) is 5.11 Å². The summed E-state index contributed by atoms with van der Waals surface area (Å²) < 4.78 is 0. The number of thiophene rings is 1. The van der Waals surface area contributed by atoms with E-state index in [0.29, 0.717) is 19.4 Å². The summed E-state index contributed by atoms with van der Waals surface area (Å²) in [7, 11) is 0. The van der Waals surface area contributed by atoms with Gasteiger partial charge in [-0.1, -0.05) is 19.9 Å². The molecule has 0 aliphatic rings. The Morgan fingerprint density at radius 3 is 2.82 bits per heavy atom. The maximum atomic E-state index is 11.5. The predicted molar refractivity (Wildman–Crippen MR) is 71.3 cm³/mol. The van der Waals surface area contributed by atoms with Crippen LogP contribution >= 0.6 is 11.3 Å². The highest BCUT2D eigenvalue weighted by Crippen LogP contribution is 2.26. The number of nitrogens with one attached hydrogen (secondary N) is 1. The Hall–Kier alpha value is -0.870. The predicted octanol–water partition coefficient (Wildman–Crippen LogP) is 2.30. The van der Waals surface area contributed by atoms with Crippen LogP contribution < -0.4 is 5.32 Å². The minimum atomic E-state index is -0.0131. The van der Waals surface area contributed by atoms with Crippen molar-refractivity contribution in [3.63, 3.8) is 0 Å². The van der Waals surface area contributed by atoms with Gasteiger partial charge < -0.3 is 10.4 Å². The highest BCUT2D eigenvalue weighted by atomic mass is 32.1. The molecule has 0 aliphatic carbocycles. The zero-order valence-electron chi connectivity index (χ0n) is 10.5. The maximum Gasteiger partial charge on any atom is 0.220 e. The van der Waals surface area contributed by atoms with Crippen molar-refractivity contribution in [1.29, 1.82) is 0 Å². The van der Waals surface area contributed by atoms with Gasteiger partial charge in [0.25, 0.3) is 0 Å². The van der Waals surface area contributed by atoms with E-state index < -0.39 is 0 Å². The molecule has 2 N–H and O–H groups in total. The van der Waals surface area contributed by atoms with E-state index in [1.165, 1.54) is 4.88 Å². The summed E-state index contributed by atoms with van der Waals surface area (Å²) in [6.07, 6.45) is 1.95. The summed E-state index contributed by atoms with van der Waals surface area (Å²) in [5.41, 5.74) is -0.0131. The molecule has 0 aliphatic heterocycles. The lowest BCUT2D eigenvalue weighted by Crippen LogP contribution is -2.36. The first kappa shape index (κ1) is 14.2. The number of amides is 1. The van der Waals surface area contributed by atoms with Crippen LogP contribution in [0.1, 0.15) is 38.0 Å². The molecule has 0 fully saturated rings. The molecule has 4 heteroatoms. The van der Waals surface area contributed by atoms with Crippen LogP contribution in [0.5, 0.6) is 0 Å². The molecule has 0 bridgehead atoms. The van der Waals surface area contributed by atoms with E-state index in [0.717, 1.165) is 6.42 Å². The van der Waals surface area contributed by atoms with Crippen molar-refractivity contribution >= 4 is 17.2 Å². The molecule has 0 spiro atoms. The number of aliphatic hydroxyl groups is 1. The number of rotatable bonds is 7. The van der Waals surface area contributed by atoms with Gasteiger partial charge in [0.15, 0.2) is 0 Å². The fourth-order valence-electron chi connectivity index (χ4n) is 1.56. The van der Waals surface area contributed by atoms with Crippen molar-refractivity contribution in [1.82, 2.24) is 5.32 Å². The summed E-state index contributed by atoms with van der Waals surface area (Å²) in [6, 6.07) is 4.13. The molecule has 0 radical (unpaired) electrons. The maximum absolute atomic E-state index is 11.5. The van der Waals surface area contributed by atoms with E-state index >= 15 is 0 Å². The molecule has 96 valence electrons. The second-order valence-corrected chi connectivity index (χ2v) is 5.77. The van der Waals surface area contributed by atoms with Crippen LogP contribution in [0.15, 0.2) is 17.5 Å². The van der Waals surface area contributed by atoms with Crippen LogP contribution in [0.2, 0.25) is 0 Å². The van der Waals surface area contributed by atoms with Gasteiger partial charge in [0, 0.05) is 29.9 Å². The van der Waals surface area contributed by atoms with Crippen LogP contribution in [0.4, 0.5) is 0 Å². The standard InChI is InChI=1S/C13H21NO2S/c1-13(2,11-6-5-9-17-11)10-14-12(16)7-3-4-8-15/h5-6,9,15H,3-4,7-8,10H2,1-2H3,(H,14,16). The largest absolute Gasteiger partial charge is 0.396 e. The van der Waals surface area contributed by atoms with Crippen molar-refractivity contribution in [3.8, 4) is 0 Å². The van der Waals surface area contributed by atoms with Crippen molar-refractivity contribution < 1.29 is 9.90 Å². The molecule has 3 nitrogen and oxygen atoms in total. The van der Waals surface area contributed by atoms with Gasteiger partial charge in [0.05, 0.1) is 0 Å². The minimum absolute atomic E-state index is 0.0131. The third-order valence-corrected chi connectivity index (χ3v) is 3.96. The SMILES string of the molecule is CC(C)(CNC(=O)CCCCO)c1cccs1. The van der Waals surface area contributed by atoms with Crippen molar-refractivity contribution in [3.05, 3.63) is 22.4 Å². The van der Waals surface area contributed by atoms with Crippen molar-refractivity contribution in [2.75, 3.05) is 13.2 Å². The zero-order valence-corrected chi connectivity index (χ0v) is 11.3. The number of aliphatic hydroxyl groups excluding tert-OH is 1. The summed E-state index contributed by atoms with van der Waals surface area (Å²) in [6.45, 7) is 5.08. The van der Waals surface area contributed by atoms with E-state index in [2.05, 4.69) is 30.6 Å². The van der Waals surface area contributed by atoms with Crippen LogP contribution in [0.3, 0.4) is 0 Å². The quantitative estimate of drug-likeness (QED) is 0.735. The Balaban J connectivity index is 2.32. The lowest BCUT2D eigenvalue weighted by atomic mass is 9.91. The van der Waals surface area contributed by atoms with Gasteiger partial charge in [-0.15, -0.1) is 11.3 Å². The van der Waals surface area contributed by atoms with Gasteiger partial charge >= 0.3 is 0 Å². The fourth-order valence-corrected chi connectivity index (χ4v) is 2.41. The van der Waals surface area contributed by atoms with Gasteiger partial charge in [-0.3, -0.25) is 4.79 Å². The molecule has 0 atom stereocenters. The normalized spacial score (nSPS) is 11.5. The molecular weight excluding hydrogens is 234 g/mol. The van der Waals surface area contributed by atoms with Gasteiger partial charge in [-0.25, -0.2) is 0 Å². The second kappa shape index (κ2) is 6.77. The fraction of sp³-hybridized carbons (Fsp3) is 0.615. The minimum Gasteiger partial charge on any atom is -0.396 e. The Labute approximate surface area is 107 Å². The van der Waals surface area contributed by atoms with Gasteiger partial charge in [0.1, 0.15) is 0 Å². The first-order chi connectivity index (χ1) is 8.06. The van der Waals surface area contributed by atoms with E-state index in [1.54, 1.807) is 11.3 Å². The van der Waals surface area contributed by atoms with Crippen LogP contribution in [0, 0.1) is 0 Å². The number of unbranched alkanes of at least 4 members (excludes halogenated alkanes) is 1. The van der Waals surface area contributed by atoms with Crippen molar-refractivity contribution in [2.45, 2.75) is 38.5 Å². The third kappa shape index (κ3) is 4.88. The van der Waals surface area contributed by atoms with E-state index in [-0.39, 0.29) is 17.9 Å². The average molecular weight is 255 g/mol. The Morgan fingerprint density at radius 2 is 2.24 bits per heavy atom. The molecule has 1 rings (SSSR count). The van der Waals surface area contributed by atoms with E-state index in [9.17, 15) is 4.79 Å². The highest BCUT2D eigenvalue weighted by Gasteiger charge is 2.22. The lowest BCUT2D eigenvalue weighted by molar-refractivity contribution is -0.121. The molecule has 0 unspecified atom stereocenters. The molecule has 17 heavy (non-hydrogen) atoms. The molecule has 0 saturated heterocycles. The van der Waals surface area contributed by atoms with E-state index in [1.807, 2.05) is 6.07 Å². The summed E-state index contributed by atoms with van der Waals surface area (Å²) in [5.74, 6) is 0.0723. The summed E-state index contributed by atoms with van der Waals surface area (Å²) in [4.78, 5) is 12.8. The number of carbonyl (C=O) groups excluding carboxylic acids is 1. The Kier molecular flexibility index (Phi) is 5.65. The number of hydrogen-bond acceptors (Lipinski definition) is 3. The number of hydrogen-bond donors (Lipinski definition) is 2. The van der Waals surface area contributed by atoms with Crippen LogP contribution in [-0.4, -0.2) is 24.2 Å². The topological polar surface area (TPSA) is 49.3 Å². The molecular formula is C13H21NO2S. The first-order valence-electron chi connectivity index (χ1n) is 5.98. The Bertz CT molecular complexity index is 333. The lowest BCUT2D eigenvalue weighted by Gasteiger charge is -2.23. The molecule has 1 heterocycles. The molecule has 0 saturated carbocycles. The monoisotopic (exact) mass is 255 g/mol. The average Bonchev–Trinajstić information content (AvgIpc) is 2.81. The zero-order chi connectivity index (χ0) is 12.7. The van der Waals surface area contributed by atoms with Gasteiger partial charge in [-0.05, 0) is 24.3 Å². The van der Waals surface area contributed by atoms with Crippen LogP contribution in [0.25, 0.3) is 0 Å². The number of carbonyl (C=O) groups is 1. The Morgan fingerprint density at radius 1 is 1.47 bits per heavy atom. The molecule has 1 aromatic heterocycles. The second-order valence-electron chi connectivity index (χ2n) is 4.82. The highest BCUT2D eigenvalue weighted by molar-refractivity contribution is 7.10. The van der Waals surface area contributed by atoms with Gasteiger partial charge in [-0.2, -0.15) is 0 Å². The van der Waals surface area contributed by atoms with Crippen molar-refractivity contribution in [2.24, 2.45) is 0 Å². The van der Waals surface area contributed by atoms with Crippen LogP contribution in [-0.2, 0) is 10.2 Å². The molecule has 0 aromatic carbocycles. The first-order valence-corrected chi connectivity index (χ1v) is 6.86. The summed E-state index contributed by atoms with van der Waals surface area (Å²) >= 11 is 1.72. The molecule has 1 aromatic rings. The van der Waals surface area contributed by atoms with Gasteiger partial charge in [0.2, 0.25) is 5.91 Å². The molecule has 1 amide bonds. The third-order valence-electron chi connectivity index (χ3n) is 2.73. The smallest absolute Gasteiger partial charge is 0.220 e. The summed E-state index contributed by atoms with van der Waals surface area (Å²) in [5, 5.41) is 13.6.